The summed E-state index contributed by atoms with van der Waals surface area (Å²) >= 11 is 0. The van der Waals surface area contributed by atoms with E-state index in [1.165, 1.54) is 12.1 Å². The molecule has 0 bridgehead atoms. The molecule has 0 aliphatic heterocycles. The summed E-state index contributed by atoms with van der Waals surface area (Å²) in [5.74, 6) is 0.360. The van der Waals surface area contributed by atoms with Gasteiger partial charge in [0.05, 0.1) is 4.90 Å². The molecule has 0 saturated carbocycles. The van der Waals surface area contributed by atoms with Crippen LogP contribution in [0.25, 0.3) is 0 Å². The van der Waals surface area contributed by atoms with Crippen LogP contribution in [0, 0.1) is 5.92 Å². The minimum atomic E-state index is -5.26. The van der Waals surface area contributed by atoms with E-state index in [0.717, 1.165) is 17.7 Å². The van der Waals surface area contributed by atoms with Crippen LogP contribution in [-0.4, -0.2) is 27.0 Å². The molecule has 1 atom stereocenters. The third kappa shape index (κ3) is 3.73. The summed E-state index contributed by atoms with van der Waals surface area (Å²) in [4.78, 5) is -0.723. The van der Waals surface area contributed by atoms with Gasteiger partial charge in [0.25, 0.3) is 9.84 Å². The zero-order chi connectivity index (χ0) is 15.6. The SMILES string of the molecule is CNC(Cc1ccc(S(=O)(=O)C(F)(F)F)cc1)C(C)C. The molecule has 0 spiro atoms. The molecule has 20 heavy (non-hydrogen) atoms. The molecule has 0 radical (unpaired) electrons. The topological polar surface area (TPSA) is 46.2 Å². The zero-order valence-corrected chi connectivity index (χ0v) is 12.3. The molecule has 0 saturated heterocycles. The first-order valence-electron chi connectivity index (χ1n) is 6.17. The summed E-state index contributed by atoms with van der Waals surface area (Å²) in [6.45, 7) is 4.06. The average Bonchev–Trinajstić information content (AvgIpc) is 2.34. The van der Waals surface area contributed by atoms with Crippen LogP contribution in [-0.2, 0) is 16.3 Å². The molecule has 1 unspecified atom stereocenters. The summed E-state index contributed by atoms with van der Waals surface area (Å²) in [6.07, 6.45) is 0.626. The Morgan fingerprint density at radius 1 is 1.15 bits per heavy atom. The van der Waals surface area contributed by atoms with E-state index in [4.69, 9.17) is 0 Å². The number of hydrogen-bond donors (Lipinski definition) is 1. The van der Waals surface area contributed by atoms with Gasteiger partial charge in [-0.05, 0) is 37.1 Å². The lowest BCUT2D eigenvalue weighted by Gasteiger charge is -2.20. The molecule has 0 amide bonds. The van der Waals surface area contributed by atoms with Crippen molar-refractivity contribution in [2.75, 3.05) is 7.05 Å². The molecule has 3 nitrogen and oxygen atoms in total. The number of benzene rings is 1. The second-order valence-electron chi connectivity index (χ2n) is 4.94. The summed E-state index contributed by atoms with van der Waals surface area (Å²) in [6, 6.07) is 5.03. The van der Waals surface area contributed by atoms with Crippen LogP contribution >= 0.6 is 0 Å². The highest BCUT2D eigenvalue weighted by Gasteiger charge is 2.46. The van der Waals surface area contributed by atoms with Crippen molar-refractivity contribution in [1.29, 1.82) is 0 Å². The first kappa shape index (κ1) is 17.0. The van der Waals surface area contributed by atoms with Crippen molar-refractivity contribution in [1.82, 2.24) is 5.32 Å². The highest BCUT2D eigenvalue weighted by atomic mass is 32.2. The van der Waals surface area contributed by atoms with Crippen LogP contribution in [0.5, 0.6) is 0 Å². The van der Waals surface area contributed by atoms with Crippen LogP contribution < -0.4 is 5.32 Å². The summed E-state index contributed by atoms with van der Waals surface area (Å²) in [5, 5.41) is 3.12. The molecule has 1 rings (SSSR count). The summed E-state index contributed by atoms with van der Waals surface area (Å²) < 4.78 is 59.6. The number of rotatable bonds is 5. The Hall–Kier alpha value is -1.08. The molecule has 0 aliphatic rings. The fourth-order valence-corrected chi connectivity index (χ4v) is 2.63. The normalized spacial score (nSPS) is 14.6. The molecule has 1 aromatic carbocycles. The molecule has 0 fully saturated rings. The van der Waals surface area contributed by atoms with E-state index in [1.54, 1.807) is 0 Å². The highest BCUT2D eigenvalue weighted by molar-refractivity contribution is 7.92. The standard InChI is InChI=1S/C13H18F3NO2S/c1-9(2)12(17-3)8-10-4-6-11(7-5-10)20(18,19)13(14,15)16/h4-7,9,12,17H,8H2,1-3H3. The van der Waals surface area contributed by atoms with E-state index in [-0.39, 0.29) is 6.04 Å². The maximum absolute atomic E-state index is 12.4. The molecule has 0 heterocycles. The van der Waals surface area contributed by atoms with Gasteiger partial charge in [0.1, 0.15) is 0 Å². The molecule has 1 N–H and O–H groups in total. The van der Waals surface area contributed by atoms with Crippen molar-refractivity contribution >= 4 is 9.84 Å². The van der Waals surface area contributed by atoms with Crippen LogP contribution in [0.4, 0.5) is 13.2 Å². The van der Waals surface area contributed by atoms with E-state index in [2.05, 4.69) is 5.32 Å². The van der Waals surface area contributed by atoms with Gasteiger partial charge >= 0.3 is 5.51 Å². The van der Waals surface area contributed by atoms with Gasteiger partial charge in [-0.25, -0.2) is 8.42 Å². The Morgan fingerprint density at radius 3 is 2.00 bits per heavy atom. The highest BCUT2D eigenvalue weighted by Crippen LogP contribution is 2.30. The van der Waals surface area contributed by atoms with Gasteiger partial charge in [0.2, 0.25) is 0 Å². The lowest BCUT2D eigenvalue weighted by atomic mass is 9.97. The van der Waals surface area contributed by atoms with Crippen LogP contribution in [0.15, 0.2) is 29.2 Å². The molecule has 0 aromatic heterocycles. The third-order valence-electron chi connectivity index (χ3n) is 3.17. The van der Waals surface area contributed by atoms with Crippen LogP contribution in [0.2, 0.25) is 0 Å². The van der Waals surface area contributed by atoms with E-state index in [0.29, 0.717) is 12.3 Å². The molecule has 114 valence electrons. The maximum Gasteiger partial charge on any atom is 0.501 e. The molecular formula is C13H18F3NO2S. The number of likely N-dealkylation sites (N-methyl/N-ethyl adjacent to an activating group) is 1. The van der Waals surface area contributed by atoms with Gasteiger partial charge in [0, 0.05) is 6.04 Å². The quantitative estimate of drug-likeness (QED) is 0.910. The first-order chi connectivity index (χ1) is 9.09. The van der Waals surface area contributed by atoms with Gasteiger partial charge < -0.3 is 5.32 Å². The van der Waals surface area contributed by atoms with Crippen molar-refractivity contribution in [2.45, 2.75) is 36.7 Å². The predicted octanol–water partition coefficient (Wildman–Crippen LogP) is 2.77. The average molecular weight is 309 g/mol. The number of alkyl halides is 3. The van der Waals surface area contributed by atoms with Crippen molar-refractivity contribution in [3.05, 3.63) is 29.8 Å². The Balaban J connectivity index is 2.96. The number of sulfone groups is 1. The van der Waals surface area contributed by atoms with Gasteiger partial charge in [0.15, 0.2) is 0 Å². The number of hydrogen-bond acceptors (Lipinski definition) is 3. The lowest BCUT2D eigenvalue weighted by Crippen LogP contribution is -2.32. The minimum Gasteiger partial charge on any atom is -0.316 e. The summed E-state index contributed by atoms with van der Waals surface area (Å²) in [7, 11) is -3.45. The Bertz CT molecular complexity index is 536. The van der Waals surface area contributed by atoms with E-state index < -0.39 is 20.2 Å². The molecule has 1 aromatic rings. The van der Waals surface area contributed by atoms with Crippen molar-refractivity contribution in [2.24, 2.45) is 5.92 Å². The fraction of sp³-hybridized carbons (Fsp3) is 0.538. The number of halogens is 3. The van der Waals surface area contributed by atoms with Gasteiger partial charge in [-0.15, -0.1) is 0 Å². The van der Waals surface area contributed by atoms with Gasteiger partial charge in [-0.1, -0.05) is 26.0 Å². The van der Waals surface area contributed by atoms with Crippen molar-refractivity contribution in [3.8, 4) is 0 Å². The van der Waals surface area contributed by atoms with Crippen LogP contribution in [0.1, 0.15) is 19.4 Å². The van der Waals surface area contributed by atoms with Gasteiger partial charge in [-0.3, -0.25) is 0 Å². The smallest absolute Gasteiger partial charge is 0.316 e. The minimum absolute atomic E-state index is 0.181. The lowest BCUT2D eigenvalue weighted by molar-refractivity contribution is -0.0436. The fourth-order valence-electron chi connectivity index (χ4n) is 1.86. The molecule has 0 aliphatic carbocycles. The Labute approximate surface area is 117 Å². The van der Waals surface area contributed by atoms with Crippen molar-refractivity contribution in [3.63, 3.8) is 0 Å². The monoisotopic (exact) mass is 309 g/mol. The Kier molecular flexibility index (Phi) is 5.21. The second-order valence-corrected chi connectivity index (χ2v) is 6.88. The van der Waals surface area contributed by atoms with E-state index >= 15 is 0 Å². The van der Waals surface area contributed by atoms with E-state index in [1.807, 2.05) is 20.9 Å². The largest absolute Gasteiger partial charge is 0.501 e. The maximum atomic E-state index is 12.4. The van der Waals surface area contributed by atoms with E-state index in [9.17, 15) is 21.6 Å². The molecule has 7 heteroatoms. The Morgan fingerprint density at radius 2 is 1.65 bits per heavy atom. The van der Waals surface area contributed by atoms with Crippen molar-refractivity contribution < 1.29 is 21.6 Å². The molecular weight excluding hydrogens is 291 g/mol. The predicted molar refractivity (Wildman–Crippen MR) is 71.1 cm³/mol. The van der Waals surface area contributed by atoms with Crippen LogP contribution in [0.3, 0.4) is 0 Å². The zero-order valence-electron chi connectivity index (χ0n) is 11.5. The second kappa shape index (κ2) is 6.13. The summed E-state index contributed by atoms with van der Waals surface area (Å²) in [5.41, 5.74) is -4.47. The van der Waals surface area contributed by atoms with Gasteiger partial charge in [-0.2, -0.15) is 13.2 Å². The first-order valence-corrected chi connectivity index (χ1v) is 7.65. The third-order valence-corrected chi connectivity index (χ3v) is 4.67. The number of nitrogens with one attached hydrogen (secondary N) is 1.